The van der Waals surface area contributed by atoms with Gasteiger partial charge >= 0.3 is 0 Å². The molecule has 1 amide bonds. The van der Waals surface area contributed by atoms with E-state index in [1.807, 2.05) is 6.92 Å². The third-order valence-electron chi connectivity index (χ3n) is 5.07. The molecule has 0 heterocycles. The number of ether oxygens (including phenoxy) is 1. The Morgan fingerprint density at radius 2 is 1.69 bits per heavy atom. The smallest absolute Gasteiger partial charge is 0.251 e. The molecule has 0 spiro atoms. The zero-order valence-electron chi connectivity index (χ0n) is 16.9. The van der Waals surface area contributed by atoms with E-state index in [4.69, 9.17) is 4.74 Å². The second-order valence-corrected chi connectivity index (χ2v) is 9.26. The van der Waals surface area contributed by atoms with Crippen LogP contribution in [0.2, 0.25) is 0 Å². The number of hydrogen-bond acceptors (Lipinski definition) is 4. The molecule has 2 aromatic carbocycles. The van der Waals surface area contributed by atoms with Gasteiger partial charge in [0.2, 0.25) is 10.0 Å². The van der Waals surface area contributed by atoms with E-state index in [-0.39, 0.29) is 18.5 Å². The highest BCUT2D eigenvalue weighted by atomic mass is 32.2. The minimum Gasteiger partial charge on any atom is -0.494 e. The van der Waals surface area contributed by atoms with Crippen molar-refractivity contribution in [2.45, 2.75) is 45.2 Å². The predicted molar refractivity (Wildman–Crippen MR) is 115 cm³/mol. The summed E-state index contributed by atoms with van der Waals surface area (Å²) in [4.78, 5) is 12.4. The van der Waals surface area contributed by atoms with Crippen LogP contribution in [0.5, 0.6) is 5.75 Å². The molecule has 1 fully saturated rings. The van der Waals surface area contributed by atoms with Crippen LogP contribution in [0.3, 0.4) is 0 Å². The zero-order chi connectivity index (χ0) is 20.9. The molecule has 3 rings (SSSR count). The lowest BCUT2D eigenvalue weighted by Crippen LogP contribution is -2.32. The van der Waals surface area contributed by atoms with Gasteiger partial charge in [0.25, 0.3) is 5.91 Å². The van der Waals surface area contributed by atoms with E-state index < -0.39 is 10.0 Å². The largest absolute Gasteiger partial charge is 0.494 e. The molecule has 156 valence electrons. The van der Waals surface area contributed by atoms with Gasteiger partial charge in [0.1, 0.15) is 5.75 Å². The van der Waals surface area contributed by atoms with Gasteiger partial charge in [0, 0.05) is 11.6 Å². The molecular formula is C22H28N2O4S. The number of hydrogen-bond donors (Lipinski definition) is 1. The van der Waals surface area contributed by atoms with Crippen molar-refractivity contribution in [3.8, 4) is 5.75 Å². The van der Waals surface area contributed by atoms with E-state index >= 15 is 0 Å². The van der Waals surface area contributed by atoms with E-state index in [0.29, 0.717) is 23.6 Å². The second kappa shape index (κ2) is 9.31. The molecule has 0 saturated heterocycles. The third kappa shape index (κ3) is 5.73. The fourth-order valence-electron chi connectivity index (χ4n) is 3.54. The molecule has 0 atom stereocenters. The lowest BCUT2D eigenvalue weighted by molar-refractivity contribution is 0.0938. The molecule has 29 heavy (non-hydrogen) atoms. The zero-order valence-corrected chi connectivity index (χ0v) is 17.7. The lowest BCUT2D eigenvalue weighted by atomic mass is 10.1. The van der Waals surface area contributed by atoms with E-state index in [1.54, 1.807) is 48.5 Å². The first-order chi connectivity index (χ1) is 13.9. The fourth-order valence-corrected chi connectivity index (χ4v) is 4.43. The summed E-state index contributed by atoms with van der Waals surface area (Å²) in [6.07, 6.45) is 5.59. The van der Waals surface area contributed by atoms with E-state index in [9.17, 15) is 13.2 Å². The summed E-state index contributed by atoms with van der Waals surface area (Å²) in [6.45, 7) is 2.64. The minimum atomic E-state index is -3.47. The molecule has 0 bridgehead atoms. The summed E-state index contributed by atoms with van der Waals surface area (Å²) in [5.41, 5.74) is 1.97. The maximum atomic E-state index is 12.4. The Morgan fingerprint density at radius 3 is 2.24 bits per heavy atom. The van der Waals surface area contributed by atoms with E-state index in [1.165, 1.54) is 10.6 Å². The number of anilines is 1. The van der Waals surface area contributed by atoms with Crippen molar-refractivity contribution >= 4 is 21.6 Å². The molecule has 0 aliphatic heterocycles. The number of carbonyl (C=O) groups is 1. The van der Waals surface area contributed by atoms with Gasteiger partial charge in [-0.15, -0.1) is 0 Å². The molecule has 0 aromatic heterocycles. The number of nitrogens with one attached hydrogen (secondary N) is 1. The van der Waals surface area contributed by atoms with Crippen molar-refractivity contribution < 1.29 is 17.9 Å². The molecule has 0 radical (unpaired) electrons. The Balaban J connectivity index is 1.71. The van der Waals surface area contributed by atoms with Gasteiger partial charge < -0.3 is 10.1 Å². The van der Waals surface area contributed by atoms with Gasteiger partial charge in [-0.2, -0.15) is 0 Å². The number of amides is 1. The molecule has 6 nitrogen and oxygen atoms in total. The van der Waals surface area contributed by atoms with Gasteiger partial charge in [0.05, 0.1) is 25.1 Å². The van der Waals surface area contributed by atoms with Gasteiger partial charge in [-0.05, 0) is 61.7 Å². The molecule has 1 aliphatic rings. The third-order valence-corrected chi connectivity index (χ3v) is 6.21. The highest BCUT2D eigenvalue weighted by molar-refractivity contribution is 7.92. The number of carbonyl (C=O) groups excluding carboxylic acids is 1. The Hall–Kier alpha value is -2.54. The molecule has 1 N–H and O–H groups in total. The number of sulfonamides is 1. The number of rotatable bonds is 8. The molecule has 7 heteroatoms. The van der Waals surface area contributed by atoms with Gasteiger partial charge in [-0.1, -0.05) is 25.0 Å². The molecule has 1 aliphatic carbocycles. The van der Waals surface area contributed by atoms with Crippen LogP contribution in [0.25, 0.3) is 0 Å². The predicted octanol–water partition coefficient (Wildman–Crippen LogP) is 3.72. The normalized spacial score (nSPS) is 14.6. The maximum Gasteiger partial charge on any atom is 0.251 e. The quantitative estimate of drug-likeness (QED) is 0.712. The maximum absolute atomic E-state index is 12.4. The van der Waals surface area contributed by atoms with E-state index in [0.717, 1.165) is 31.2 Å². The summed E-state index contributed by atoms with van der Waals surface area (Å²) >= 11 is 0. The van der Waals surface area contributed by atoms with Crippen molar-refractivity contribution in [2.24, 2.45) is 0 Å². The molecule has 1 saturated carbocycles. The summed E-state index contributed by atoms with van der Waals surface area (Å²) < 4.78 is 31.5. The van der Waals surface area contributed by atoms with Gasteiger partial charge in [-0.3, -0.25) is 9.10 Å². The first-order valence-electron chi connectivity index (χ1n) is 9.97. The Kier molecular flexibility index (Phi) is 6.79. The molecule has 0 unspecified atom stereocenters. The van der Waals surface area contributed by atoms with Crippen molar-refractivity contribution in [1.29, 1.82) is 0 Å². The van der Waals surface area contributed by atoms with Crippen molar-refractivity contribution in [3.05, 3.63) is 59.7 Å². The average molecular weight is 417 g/mol. The van der Waals surface area contributed by atoms with Crippen molar-refractivity contribution in [3.63, 3.8) is 0 Å². The Morgan fingerprint density at radius 1 is 1.07 bits per heavy atom. The lowest BCUT2D eigenvalue weighted by Gasteiger charge is -2.23. The van der Waals surface area contributed by atoms with Crippen LogP contribution in [0.15, 0.2) is 48.5 Å². The average Bonchev–Trinajstić information content (AvgIpc) is 3.20. The highest BCUT2D eigenvalue weighted by Crippen LogP contribution is 2.24. The highest BCUT2D eigenvalue weighted by Gasteiger charge is 2.20. The summed E-state index contributed by atoms with van der Waals surface area (Å²) in [5.74, 6) is 0.622. The number of benzene rings is 2. The SMILES string of the molecule is CCOc1ccc(N(Cc2ccc(C(=O)NC3CCCC3)cc2)S(C)(=O)=O)cc1. The van der Waals surface area contributed by atoms with Gasteiger partial charge in [0.15, 0.2) is 0 Å². The minimum absolute atomic E-state index is 0.0741. The van der Waals surface area contributed by atoms with Crippen LogP contribution >= 0.6 is 0 Å². The number of nitrogens with zero attached hydrogens (tertiary/aromatic N) is 1. The summed E-state index contributed by atoms with van der Waals surface area (Å²) in [7, 11) is -3.47. The first kappa shape index (κ1) is 21.2. The van der Waals surface area contributed by atoms with Crippen molar-refractivity contribution in [2.75, 3.05) is 17.2 Å². The van der Waals surface area contributed by atoms with Gasteiger partial charge in [-0.25, -0.2) is 8.42 Å². The molecular weight excluding hydrogens is 388 g/mol. The van der Waals surface area contributed by atoms with Crippen LogP contribution < -0.4 is 14.4 Å². The van der Waals surface area contributed by atoms with E-state index in [2.05, 4.69) is 5.32 Å². The second-order valence-electron chi connectivity index (χ2n) is 7.35. The summed E-state index contributed by atoms with van der Waals surface area (Å²) in [6, 6.07) is 14.3. The van der Waals surface area contributed by atoms with Crippen molar-refractivity contribution in [1.82, 2.24) is 5.32 Å². The molecule has 2 aromatic rings. The van der Waals surface area contributed by atoms with Crippen LogP contribution in [0.1, 0.15) is 48.5 Å². The monoisotopic (exact) mass is 416 g/mol. The van der Waals surface area contributed by atoms with Crippen LogP contribution in [-0.4, -0.2) is 33.2 Å². The topological polar surface area (TPSA) is 75.7 Å². The Labute approximate surface area is 172 Å². The summed E-state index contributed by atoms with van der Waals surface area (Å²) in [5, 5.41) is 3.06. The standard InChI is InChI=1S/C22H28N2O4S/c1-3-28-21-14-12-20(13-15-21)24(29(2,26)27)16-17-8-10-18(11-9-17)22(25)23-19-6-4-5-7-19/h8-15,19H,3-7,16H2,1-2H3,(H,23,25). The first-order valence-corrected chi connectivity index (χ1v) is 11.8. The fraction of sp³-hybridized carbons (Fsp3) is 0.409. The van der Waals surface area contributed by atoms with Crippen LogP contribution in [-0.2, 0) is 16.6 Å². The van der Waals surface area contributed by atoms with Crippen LogP contribution in [0, 0.1) is 0 Å². The van der Waals surface area contributed by atoms with Crippen LogP contribution in [0.4, 0.5) is 5.69 Å². The Bertz CT molecular complexity index is 918.